The van der Waals surface area contributed by atoms with E-state index in [2.05, 4.69) is 10.6 Å². The summed E-state index contributed by atoms with van der Waals surface area (Å²) in [7, 11) is 0. The number of thioether (sulfide) groups is 1. The second kappa shape index (κ2) is 7.50. The lowest BCUT2D eigenvalue weighted by Crippen LogP contribution is -2.53. The number of fused-ring (bicyclic) bond motifs is 5. The number of carbonyl (C=O) groups is 3. The number of likely N-dealkylation sites (tertiary alicyclic amines) is 1. The fourth-order valence-electron chi connectivity index (χ4n) is 5.69. The van der Waals surface area contributed by atoms with Crippen LogP contribution >= 0.6 is 11.8 Å². The van der Waals surface area contributed by atoms with Crippen LogP contribution in [0.4, 0.5) is 5.69 Å². The van der Waals surface area contributed by atoms with E-state index in [0.717, 1.165) is 16.9 Å². The number of nitrogens with zero attached hydrogens (tertiary/aromatic N) is 1. The van der Waals surface area contributed by atoms with Crippen LogP contribution in [0, 0.1) is 11.8 Å². The van der Waals surface area contributed by atoms with E-state index in [4.69, 9.17) is 9.47 Å². The van der Waals surface area contributed by atoms with Gasteiger partial charge in [-0.25, -0.2) is 0 Å². The van der Waals surface area contributed by atoms with E-state index in [9.17, 15) is 14.4 Å². The lowest BCUT2D eigenvalue weighted by Gasteiger charge is -2.29. The molecule has 2 N–H and O–H groups in total. The largest absolute Gasteiger partial charge is 0.454 e. The van der Waals surface area contributed by atoms with Gasteiger partial charge in [0.25, 0.3) is 0 Å². The van der Waals surface area contributed by atoms with Gasteiger partial charge in [0.2, 0.25) is 24.5 Å². The molecule has 1 spiro atoms. The Balaban J connectivity index is 1.39. The summed E-state index contributed by atoms with van der Waals surface area (Å²) in [5.74, 6) is -0.101. The number of carbonyl (C=O) groups excluding carboxylic acids is 3. The normalized spacial score (nSPS) is 29.1. The SMILES string of the molecule is CSCC[C@H]1N[C@]2(C(=O)Nc3ccccc32)[C@@H]2C(=O)N(Cc3ccc4c(c3)OCO4)C(=O)[C@H]21. The van der Waals surface area contributed by atoms with Gasteiger partial charge >= 0.3 is 0 Å². The summed E-state index contributed by atoms with van der Waals surface area (Å²) in [4.78, 5) is 42.1. The Morgan fingerprint density at radius 1 is 1.09 bits per heavy atom. The molecule has 0 unspecified atom stereocenters. The first-order valence-electron chi connectivity index (χ1n) is 11.0. The van der Waals surface area contributed by atoms with Crippen molar-refractivity contribution in [3.63, 3.8) is 0 Å². The summed E-state index contributed by atoms with van der Waals surface area (Å²) in [6.45, 7) is 0.292. The Bertz CT molecular complexity index is 1190. The van der Waals surface area contributed by atoms with E-state index in [-0.39, 0.29) is 37.1 Å². The molecule has 0 aliphatic carbocycles. The van der Waals surface area contributed by atoms with Crippen molar-refractivity contribution >= 4 is 35.2 Å². The van der Waals surface area contributed by atoms with E-state index >= 15 is 0 Å². The maximum Gasteiger partial charge on any atom is 0.250 e. The molecule has 2 aromatic rings. The predicted molar refractivity (Wildman–Crippen MR) is 122 cm³/mol. The Kier molecular flexibility index (Phi) is 4.67. The molecule has 2 saturated heterocycles. The third-order valence-electron chi connectivity index (χ3n) is 7.12. The van der Waals surface area contributed by atoms with Crippen molar-refractivity contribution in [2.24, 2.45) is 11.8 Å². The van der Waals surface area contributed by atoms with Gasteiger partial charge in [0.15, 0.2) is 11.5 Å². The molecule has 4 atom stereocenters. The van der Waals surface area contributed by atoms with Crippen molar-refractivity contribution < 1.29 is 23.9 Å². The zero-order chi connectivity index (χ0) is 22.7. The van der Waals surface area contributed by atoms with Crippen LogP contribution in [0.1, 0.15) is 17.5 Å². The average molecular weight is 466 g/mol. The van der Waals surface area contributed by atoms with Crippen LogP contribution in [0.2, 0.25) is 0 Å². The number of para-hydroxylation sites is 1. The molecule has 0 radical (unpaired) electrons. The summed E-state index contributed by atoms with van der Waals surface area (Å²) in [5.41, 5.74) is 0.970. The second-order valence-electron chi connectivity index (χ2n) is 8.79. The fourth-order valence-corrected chi connectivity index (χ4v) is 6.18. The highest BCUT2D eigenvalue weighted by molar-refractivity contribution is 7.98. The molecule has 2 aromatic carbocycles. The van der Waals surface area contributed by atoms with Crippen LogP contribution < -0.4 is 20.1 Å². The quantitative estimate of drug-likeness (QED) is 0.653. The van der Waals surface area contributed by atoms with E-state index in [1.54, 1.807) is 23.9 Å². The molecule has 4 aliphatic rings. The summed E-state index contributed by atoms with van der Waals surface area (Å²) in [6.07, 6.45) is 2.70. The molecule has 0 bridgehead atoms. The number of nitrogens with one attached hydrogen (secondary N) is 2. The van der Waals surface area contributed by atoms with Crippen molar-refractivity contribution in [3.8, 4) is 11.5 Å². The second-order valence-corrected chi connectivity index (χ2v) is 9.78. The highest BCUT2D eigenvalue weighted by Crippen LogP contribution is 2.53. The summed E-state index contributed by atoms with van der Waals surface area (Å²) >= 11 is 1.68. The van der Waals surface area contributed by atoms with Crippen molar-refractivity contribution in [2.75, 3.05) is 24.1 Å². The molecular formula is C24H23N3O5S. The van der Waals surface area contributed by atoms with Gasteiger partial charge in [-0.15, -0.1) is 0 Å². The number of amides is 3. The Labute approximate surface area is 195 Å². The van der Waals surface area contributed by atoms with E-state index in [1.807, 2.05) is 36.6 Å². The van der Waals surface area contributed by atoms with Gasteiger partial charge in [0.05, 0.1) is 18.4 Å². The van der Waals surface area contributed by atoms with Crippen molar-refractivity contribution in [2.45, 2.75) is 24.5 Å². The first-order valence-corrected chi connectivity index (χ1v) is 12.4. The maximum atomic E-state index is 13.8. The number of hydrogen-bond donors (Lipinski definition) is 2. The maximum absolute atomic E-state index is 13.8. The molecule has 3 amide bonds. The monoisotopic (exact) mass is 465 g/mol. The van der Waals surface area contributed by atoms with Crippen LogP contribution in [0.5, 0.6) is 11.5 Å². The van der Waals surface area contributed by atoms with Crippen LogP contribution in [0.3, 0.4) is 0 Å². The van der Waals surface area contributed by atoms with Gasteiger partial charge in [-0.3, -0.25) is 24.6 Å². The van der Waals surface area contributed by atoms with Crippen molar-refractivity contribution in [3.05, 3.63) is 53.6 Å². The lowest BCUT2D eigenvalue weighted by atomic mass is 9.76. The Morgan fingerprint density at radius 3 is 2.76 bits per heavy atom. The van der Waals surface area contributed by atoms with Crippen molar-refractivity contribution in [1.29, 1.82) is 0 Å². The third-order valence-corrected chi connectivity index (χ3v) is 7.77. The molecule has 33 heavy (non-hydrogen) atoms. The van der Waals surface area contributed by atoms with Gasteiger partial charge in [-0.05, 0) is 42.2 Å². The first kappa shape index (κ1) is 20.6. The zero-order valence-corrected chi connectivity index (χ0v) is 18.8. The number of hydrogen-bond acceptors (Lipinski definition) is 7. The molecule has 0 saturated carbocycles. The minimum Gasteiger partial charge on any atom is -0.454 e. The molecule has 170 valence electrons. The summed E-state index contributed by atoms with van der Waals surface area (Å²) in [6, 6.07) is 12.6. The van der Waals surface area contributed by atoms with E-state index in [0.29, 0.717) is 23.6 Å². The number of imide groups is 1. The van der Waals surface area contributed by atoms with Crippen LogP contribution in [0.15, 0.2) is 42.5 Å². The fraction of sp³-hybridized carbons (Fsp3) is 0.375. The zero-order valence-electron chi connectivity index (χ0n) is 18.0. The third kappa shape index (κ3) is 2.85. The van der Waals surface area contributed by atoms with Gasteiger partial charge in [0, 0.05) is 17.3 Å². The standard InChI is InChI=1S/C24H23N3O5S/c1-33-9-8-16-19-20(24(26-16)14-4-2-3-5-15(14)25-23(24)30)22(29)27(21(19)28)11-13-6-7-17-18(10-13)32-12-31-17/h2-7,10,16,19-20,26H,8-9,11-12H2,1H3,(H,25,30)/t16-,19+,20+,24+/m1/s1. The smallest absolute Gasteiger partial charge is 0.250 e. The average Bonchev–Trinajstić information content (AvgIpc) is 3.54. The Morgan fingerprint density at radius 2 is 1.91 bits per heavy atom. The predicted octanol–water partition coefficient (Wildman–Crippen LogP) is 2.09. The van der Waals surface area contributed by atoms with Gasteiger partial charge in [0.1, 0.15) is 5.54 Å². The topological polar surface area (TPSA) is 97.0 Å². The minimum atomic E-state index is -1.24. The van der Waals surface area contributed by atoms with E-state index in [1.165, 1.54) is 4.90 Å². The molecule has 0 aromatic heterocycles. The van der Waals surface area contributed by atoms with Gasteiger partial charge < -0.3 is 14.8 Å². The molecule has 4 aliphatic heterocycles. The van der Waals surface area contributed by atoms with Gasteiger partial charge in [-0.1, -0.05) is 24.3 Å². The van der Waals surface area contributed by atoms with Crippen LogP contribution in [-0.2, 0) is 26.5 Å². The number of benzene rings is 2. The number of anilines is 1. The molecule has 4 heterocycles. The highest BCUT2D eigenvalue weighted by atomic mass is 32.2. The summed E-state index contributed by atoms with van der Waals surface area (Å²) < 4.78 is 10.8. The molecule has 2 fully saturated rings. The van der Waals surface area contributed by atoms with E-state index < -0.39 is 17.4 Å². The number of ether oxygens (including phenoxy) is 2. The highest BCUT2D eigenvalue weighted by Gasteiger charge is 2.70. The summed E-state index contributed by atoms with van der Waals surface area (Å²) in [5, 5.41) is 6.39. The van der Waals surface area contributed by atoms with Crippen LogP contribution in [0.25, 0.3) is 0 Å². The first-order chi connectivity index (χ1) is 16.0. The lowest BCUT2D eigenvalue weighted by molar-refractivity contribution is -0.143. The van der Waals surface area contributed by atoms with Crippen LogP contribution in [-0.4, -0.2) is 47.5 Å². The van der Waals surface area contributed by atoms with Gasteiger partial charge in [-0.2, -0.15) is 11.8 Å². The number of rotatable bonds is 5. The Hall–Kier alpha value is -3.04. The molecule has 8 nitrogen and oxygen atoms in total. The molecular weight excluding hydrogens is 442 g/mol. The molecule has 9 heteroatoms. The minimum absolute atomic E-state index is 0.135. The van der Waals surface area contributed by atoms with Crippen molar-refractivity contribution in [1.82, 2.24) is 10.2 Å². The molecule has 6 rings (SSSR count).